The van der Waals surface area contributed by atoms with Crippen molar-refractivity contribution in [2.45, 2.75) is 204 Å². The zero-order chi connectivity index (χ0) is 57.9. The minimum atomic E-state index is -0.970. The Morgan fingerprint density at radius 3 is 1.42 bits per heavy atom. The van der Waals surface area contributed by atoms with Crippen LogP contribution >= 0.6 is 0 Å². The number of carboxylic acids is 3. The number of rotatable bonds is 21. The van der Waals surface area contributed by atoms with Crippen molar-refractivity contribution in [2.75, 3.05) is 0 Å². The van der Waals surface area contributed by atoms with Crippen LogP contribution in [0.15, 0.2) is 118 Å². The van der Waals surface area contributed by atoms with Crippen LogP contribution in [0.1, 0.15) is 207 Å². The molecule has 420 valence electrons. The minimum absolute atomic E-state index is 0.204. The number of carbonyl (C=O) groups is 3. The number of carboxylic acid groups (broad SMARTS) is 3. The van der Waals surface area contributed by atoms with Gasteiger partial charge in [0, 0.05) is 12.8 Å². The van der Waals surface area contributed by atoms with E-state index in [4.69, 9.17) is 9.47 Å². The zero-order valence-corrected chi connectivity index (χ0v) is 48.9. The zero-order valence-electron chi connectivity index (χ0n) is 48.9. The normalized spacial score (nSPS) is 16.8. The second kappa shape index (κ2) is 29.9. The molecule has 6 N–H and O–H groups in total. The van der Waals surface area contributed by atoms with Crippen molar-refractivity contribution in [3.8, 4) is 17.2 Å². The van der Waals surface area contributed by atoms with E-state index in [0.29, 0.717) is 62.5 Å². The fourth-order valence-corrected chi connectivity index (χ4v) is 8.89. The summed E-state index contributed by atoms with van der Waals surface area (Å²) in [7, 11) is 0. The number of allylic oxidation sites excluding steroid dienone is 14. The fourth-order valence-electron chi connectivity index (χ4n) is 8.89. The number of hydrogen-bond acceptors (Lipinski definition) is 8. The second-order valence-electron chi connectivity index (χ2n) is 22.8. The highest BCUT2D eigenvalue weighted by Gasteiger charge is 2.41. The topological polar surface area (TPSA) is 191 Å². The number of aromatic carboxylic acids is 3. The van der Waals surface area contributed by atoms with Gasteiger partial charge in [-0.25, -0.2) is 14.4 Å². The van der Waals surface area contributed by atoms with Gasteiger partial charge in [0.05, 0.1) is 28.4 Å². The Labute approximate surface area is 460 Å². The number of hydrogen-bond donors (Lipinski definition) is 6. The van der Waals surface area contributed by atoms with Crippen molar-refractivity contribution in [1.29, 1.82) is 0 Å². The largest absolute Gasteiger partial charge is 0.507 e. The average molecular weight is 1060 g/mol. The number of aliphatic hydroxyl groups is 2. The van der Waals surface area contributed by atoms with Gasteiger partial charge in [0.15, 0.2) is 0 Å². The van der Waals surface area contributed by atoms with Crippen LogP contribution in [-0.2, 0) is 38.5 Å². The summed E-state index contributed by atoms with van der Waals surface area (Å²) < 4.78 is 12.4. The number of benzene rings is 3. The van der Waals surface area contributed by atoms with Gasteiger partial charge in [-0.3, -0.25) is 0 Å². The van der Waals surface area contributed by atoms with Crippen molar-refractivity contribution in [3.63, 3.8) is 0 Å². The van der Waals surface area contributed by atoms with Gasteiger partial charge in [-0.1, -0.05) is 81.5 Å². The standard InChI is InChI=1S/2C22H30O4.C22H30O3/c1-14(2)7-6-10-22(5,25)19-13-17-12-18(21(23)24)11-16(20(17)26-19)9-8-15(3)4;1-14(2)7-6-10-22(5)19(23)13-17-12-18(21(24)25)11-16(20(17)26-22)9-8-15(3)4;1-15(2)7-6-8-17(5)10-12-19-14-20(22(24)25)13-18(21(19)23)11-9-16(3)4/h7-8,11-12,19,25H,6,9-10,13H2,1-5H3,(H,23,24);7-8,11-12,19,23H,6,9-10,13H2,1-5H3,(H,24,25);7,9-10,13-14,23H,6,8,11-12H2,1-5H3,(H,24,25)/b;;17-10+/t;19-,22-;/m.0./s1. The number of phenolic OH excluding ortho intramolecular Hbond substituents is 1. The van der Waals surface area contributed by atoms with Gasteiger partial charge < -0.3 is 40.1 Å². The lowest BCUT2D eigenvalue weighted by atomic mass is 9.84. The number of fused-ring (bicyclic) bond motifs is 2. The van der Waals surface area contributed by atoms with Crippen molar-refractivity contribution in [3.05, 3.63) is 168 Å². The fraction of sp³-hybridized carbons (Fsp3) is 0.470. The molecule has 0 saturated heterocycles. The molecule has 0 saturated carbocycles. The van der Waals surface area contributed by atoms with Crippen molar-refractivity contribution in [2.24, 2.45) is 0 Å². The summed E-state index contributed by atoms with van der Waals surface area (Å²) in [5.41, 5.74) is 12.3. The van der Waals surface area contributed by atoms with E-state index in [1.807, 2.05) is 68.4 Å². The lowest BCUT2D eigenvalue weighted by Gasteiger charge is -2.41. The molecule has 11 nitrogen and oxygen atoms in total. The predicted molar refractivity (Wildman–Crippen MR) is 312 cm³/mol. The smallest absolute Gasteiger partial charge is 0.335 e. The molecule has 0 fully saturated rings. The molecule has 0 radical (unpaired) electrons. The van der Waals surface area contributed by atoms with Gasteiger partial charge in [-0.05, 0) is 238 Å². The van der Waals surface area contributed by atoms with E-state index in [0.717, 1.165) is 65.0 Å². The van der Waals surface area contributed by atoms with Crippen LogP contribution in [0.2, 0.25) is 0 Å². The Morgan fingerprint density at radius 1 is 0.558 bits per heavy atom. The molecule has 3 aromatic carbocycles. The summed E-state index contributed by atoms with van der Waals surface area (Å²) in [5, 5.41) is 60.2. The van der Waals surface area contributed by atoms with Crippen molar-refractivity contribution in [1.82, 2.24) is 0 Å². The minimum Gasteiger partial charge on any atom is -0.507 e. The van der Waals surface area contributed by atoms with E-state index in [-0.39, 0.29) is 28.5 Å². The van der Waals surface area contributed by atoms with Crippen molar-refractivity contribution >= 4 is 17.9 Å². The van der Waals surface area contributed by atoms with Crippen molar-refractivity contribution < 1.29 is 54.5 Å². The first-order valence-corrected chi connectivity index (χ1v) is 27.0. The van der Waals surface area contributed by atoms with E-state index in [9.17, 15) is 45.0 Å². The van der Waals surface area contributed by atoms with Crippen LogP contribution < -0.4 is 9.47 Å². The Bertz CT molecular complexity index is 2770. The Hall–Kier alpha value is -6.43. The van der Waals surface area contributed by atoms with Gasteiger partial charge in [0.25, 0.3) is 0 Å². The molecule has 2 unspecified atom stereocenters. The SMILES string of the molecule is CC(C)=CCC/C(C)=C/Cc1cc(C(=O)O)cc(CC=C(C)C)c1O.CC(C)=CCCC(C)(O)C1Cc2cc(C(=O)O)cc(CC=C(C)C)c2O1.CC(C)=CCC[C@]1(C)Oc2c(CC=C(C)C)cc(C(=O)O)cc2C[C@@H]1O. The summed E-state index contributed by atoms with van der Waals surface area (Å²) in [6, 6.07) is 9.81. The quantitative estimate of drug-likeness (QED) is 0.0557. The van der Waals surface area contributed by atoms with Crippen LogP contribution in [-0.4, -0.2) is 72.0 Å². The van der Waals surface area contributed by atoms with Gasteiger partial charge >= 0.3 is 17.9 Å². The van der Waals surface area contributed by atoms with E-state index in [2.05, 4.69) is 71.1 Å². The first-order chi connectivity index (χ1) is 35.9. The second-order valence-corrected chi connectivity index (χ2v) is 22.8. The maximum Gasteiger partial charge on any atom is 0.335 e. The third-order valence-corrected chi connectivity index (χ3v) is 13.7. The molecule has 4 atom stereocenters. The van der Waals surface area contributed by atoms with Crippen LogP contribution in [0, 0.1) is 0 Å². The Kier molecular flexibility index (Phi) is 25.2. The first-order valence-electron chi connectivity index (χ1n) is 27.0. The Balaban J connectivity index is 0.000000304. The van der Waals surface area contributed by atoms with E-state index < -0.39 is 35.2 Å². The third kappa shape index (κ3) is 21.1. The third-order valence-electron chi connectivity index (χ3n) is 13.7. The summed E-state index contributed by atoms with van der Waals surface area (Å²) in [6.07, 6.45) is 21.8. The lowest BCUT2D eigenvalue weighted by Crippen LogP contribution is -2.49. The highest BCUT2D eigenvalue weighted by molar-refractivity contribution is 5.90. The van der Waals surface area contributed by atoms with Crippen LogP contribution in [0.4, 0.5) is 0 Å². The molecule has 2 aliphatic rings. The maximum atomic E-state index is 11.5. The number of phenols is 1. The molecule has 5 rings (SSSR count). The van der Waals surface area contributed by atoms with Crippen LogP contribution in [0.5, 0.6) is 17.2 Å². The van der Waals surface area contributed by atoms with Gasteiger partial charge in [-0.15, -0.1) is 0 Å². The molecule has 0 aliphatic carbocycles. The Morgan fingerprint density at radius 2 is 0.948 bits per heavy atom. The van der Waals surface area contributed by atoms with Gasteiger partial charge in [0.1, 0.15) is 29.0 Å². The molecular formula is C66H90O11. The lowest BCUT2D eigenvalue weighted by molar-refractivity contribution is -0.0592. The van der Waals surface area contributed by atoms with E-state index in [1.165, 1.54) is 33.4 Å². The first kappa shape index (κ1) is 64.9. The maximum absolute atomic E-state index is 11.5. The monoisotopic (exact) mass is 1060 g/mol. The predicted octanol–water partition coefficient (Wildman–Crippen LogP) is 15.2. The summed E-state index contributed by atoms with van der Waals surface area (Å²) in [6.45, 7) is 30.2. The van der Waals surface area contributed by atoms with E-state index in [1.54, 1.807) is 43.3 Å². The van der Waals surface area contributed by atoms with E-state index >= 15 is 0 Å². The molecule has 11 heteroatoms. The molecule has 0 aromatic heterocycles. The summed E-state index contributed by atoms with van der Waals surface area (Å²) in [5.74, 6) is -1.19. The number of ether oxygens (including phenoxy) is 2. The molecule has 0 amide bonds. The molecule has 3 aromatic rings. The summed E-state index contributed by atoms with van der Waals surface area (Å²) in [4.78, 5) is 34.3. The van der Waals surface area contributed by atoms with Crippen LogP contribution in [0.25, 0.3) is 0 Å². The average Bonchev–Trinajstić information content (AvgIpc) is 3.78. The van der Waals surface area contributed by atoms with Crippen LogP contribution in [0.3, 0.4) is 0 Å². The van der Waals surface area contributed by atoms with Gasteiger partial charge in [-0.2, -0.15) is 0 Å². The molecule has 77 heavy (non-hydrogen) atoms. The number of aromatic hydroxyl groups is 1. The summed E-state index contributed by atoms with van der Waals surface area (Å²) >= 11 is 0. The molecule has 0 bridgehead atoms. The van der Waals surface area contributed by atoms with Gasteiger partial charge in [0.2, 0.25) is 0 Å². The highest BCUT2D eigenvalue weighted by Crippen LogP contribution is 2.41. The molecule has 0 spiro atoms. The molecule has 2 heterocycles. The highest BCUT2D eigenvalue weighted by atomic mass is 16.5. The molecular weight excluding hydrogens is 969 g/mol. The number of aliphatic hydroxyl groups excluding tert-OH is 1. The molecule has 2 aliphatic heterocycles.